The average molecular weight is 702 g/mol. The van der Waals surface area contributed by atoms with Gasteiger partial charge in [-0.15, -0.1) is 0 Å². The van der Waals surface area contributed by atoms with Crippen LogP contribution in [0, 0.1) is 0 Å². The molecule has 0 N–H and O–H groups in total. The van der Waals surface area contributed by atoms with Crippen LogP contribution in [0.2, 0.25) is 0 Å². The Kier molecular flexibility index (Phi) is 9.41. The minimum Gasteiger partial charge on any atom is -0.310 e. The Bertz CT molecular complexity index is 2590. The monoisotopic (exact) mass is 701 g/mol. The number of nitrogens with zero attached hydrogens (tertiary/aromatic N) is 1. The van der Waals surface area contributed by atoms with E-state index in [0.717, 1.165) is 28.2 Å². The SMILES string of the molecule is c1ccc(-c2ccc(N(c3cc(-c4ccccc4)cc(-c4ccccc4)c3)c3ccc(-c4cccc(-c5ccccc5)c4)cc3-c3ccccc3)cc2)cc1. The third-order valence-electron chi connectivity index (χ3n) is 10.2. The van der Waals surface area contributed by atoms with Crippen molar-refractivity contribution in [3.63, 3.8) is 0 Å². The Labute approximate surface area is 324 Å². The summed E-state index contributed by atoms with van der Waals surface area (Å²) in [5.41, 5.74) is 17.4. The van der Waals surface area contributed by atoms with Gasteiger partial charge in [0.2, 0.25) is 0 Å². The molecule has 9 aromatic carbocycles. The molecule has 1 nitrogen and oxygen atoms in total. The Morgan fingerprint density at radius 3 is 1.05 bits per heavy atom. The Hall–Kier alpha value is -7.22. The van der Waals surface area contributed by atoms with Crippen LogP contribution in [0.25, 0.3) is 66.8 Å². The second kappa shape index (κ2) is 15.4. The first-order valence-electron chi connectivity index (χ1n) is 18.8. The first kappa shape index (κ1) is 33.6. The fourth-order valence-electron chi connectivity index (χ4n) is 7.46. The summed E-state index contributed by atoms with van der Waals surface area (Å²) < 4.78 is 0. The molecule has 0 aromatic heterocycles. The lowest BCUT2D eigenvalue weighted by molar-refractivity contribution is 1.28. The zero-order chi connectivity index (χ0) is 36.8. The molecule has 0 amide bonds. The van der Waals surface area contributed by atoms with E-state index in [0.29, 0.717) is 0 Å². The summed E-state index contributed by atoms with van der Waals surface area (Å²) >= 11 is 0. The van der Waals surface area contributed by atoms with Crippen molar-refractivity contribution < 1.29 is 0 Å². The van der Waals surface area contributed by atoms with Gasteiger partial charge in [0.15, 0.2) is 0 Å². The molecule has 0 fully saturated rings. The third kappa shape index (κ3) is 7.25. The van der Waals surface area contributed by atoms with Gasteiger partial charge in [0, 0.05) is 16.9 Å². The first-order chi connectivity index (χ1) is 27.3. The van der Waals surface area contributed by atoms with E-state index >= 15 is 0 Å². The molecule has 1 heteroatoms. The molecule has 0 unspecified atom stereocenters. The Morgan fingerprint density at radius 1 is 0.200 bits per heavy atom. The molecule has 55 heavy (non-hydrogen) atoms. The van der Waals surface area contributed by atoms with Crippen molar-refractivity contribution in [1.29, 1.82) is 0 Å². The summed E-state index contributed by atoms with van der Waals surface area (Å²) in [5, 5.41) is 0. The van der Waals surface area contributed by atoms with Gasteiger partial charge in [0.05, 0.1) is 5.69 Å². The molecular weight excluding hydrogens is 663 g/mol. The molecule has 0 aliphatic heterocycles. The summed E-state index contributed by atoms with van der Waals surface area (Å²) in [7, 11) is 0. The molecular formula is C54H39N. The fraction of sp³-hybridized carbons (Fsp3) is 0. The predicted octanol–water partition coefficient (Wildman–Crippen LogP) is 15.2. The van der Waals surface area contributed by atoms with E-state index in [1.165, 1.54) is 55.6 Å². The van der Waals surface area contributed by atoms with Crippen LogP contribution >= 0.6 is 0 Å². The average Bonchev–Trinajstić information content (AvgIpc) is 3.28. The minimum absolute atomic E-state index is 1.08. The van der Waals surface area contributed by atoms with Crippen molar-refractivity contribution in [1.82, 2.24) is 0 Å². The molecule has 260 valence electrons. The van der Waals surface area contributed by atoms with Crippen LogP contribution in [0.1, 0.15) is 0 Å². The van der Waals surface area contributed by atoms with E-state index in [2.05, 4.69) is 241 Å². The van der Waals surface area contributed by atoms with Gasteiger partial charge in [-0.3, -0.25) is 0 Å². The minimum atomic E-state index is 1.08. The van der Waals surface area contributed by atoms with E-state index in [-0.39, 0.29) is 0 Å². The molecule has 9 rings (SSSR count). The van der Waals surface area contributed by atoms with Gasteiger partial charge < -0.3 is 4.90 Å². The van der Waals surface area contributed by atoms with Gasteiger partial charge in [-0.2, -0.15) is 0 Å². The normalized spacial score (nSPS) is 10.9. The van der Waals surface area contributed by atoms with Gasteiger partial charge in [-0.05, 0) is 110 Å². The van der Waals surface area contributed by atoms with Gasteiger partial charge in [-0.1, -0.05) is 188 Å². The van der Waals surface area contributed by atoms with Crippen molar-refractivity contribution in [3.05, 3.63) is 237 Å². The first-order valence-corrected chi connectivity index (χ1v) is 18.8. The van der Waals surface area contributed by atoms with Crippen molar-refractivity contribution in [2.24, 2.45) is 0 Å². The topological polar surface area (TPSA) is 3.24 Å². The van der Waals surface area contributed by atoms with E-state index in [4.69, 9.17) is 0 Å². The molecule has 0 aliphatic carbocycles. The molecule has 0 spiro atoms. The quantitative estimate of drug-likeness (QED) is 0.145. The number of anilines is 3. The second-order valence-corrected chi connectivity index (χ2v) is 13.8. The maximum absolute atomic E-state index is 2.43. The molecule has 0 atom stereocenters. The highest BCUT2D eigenvalue weighted by molar-refractivity contribution is 5.93. The van der Waals surface area contributed by atoms with Crippen LogP contribution in [0.15, 0.2) is 237 Å². The summed E-state index contributed by atoms with van der Waals surface area (Å²) in [5.74, 6) is 0. The van der Waals surface area contributed by atoms with Gasteiger partial charge in [-0.25, -0.2) is 0 Å². The van der Waals surface area contributed by atoms with E-state index in [1.54, 1.807) is 0 Å². The van der Waals surface area contributed by atoms with Crippen molar-refractivity contribution >= 4 is 17.1 Å². The summed E-state index contributed by atoms with van der Waals surface area (Å²) in [6.07, 6.45) is 0. The highest BCUT2D eigenvalue weighted by Gasteiger charge is 2.20. The molecule has 0 radical (unpaired) electrons. The van der Waals surface area contributed by atoms with Crippen LogP contribution in [0.5, 0.6) is 0 Å². The molecule has 0 bridgehead atoms. The zero-order valence-electron chi connectivity index (χ0n) is 30.5. The molecule has 0 saturated carbocycles. The summed E-state index contributed by atoms with van der Waals surface area (Å²) in [6.45, 7) is 0. The number of rotatable bonds is 9. The Morgan fingerprint density at radius 2 is 0.545 bits per heavy atom. The number of benzene rings is 9. The van der Waals surface area contributed by atoms with Crippen molar-refractivity contribution in [2.45, 2.75) is 0 Å². The second-order valence-electron chi connectivity index (χ2n) is 13.8. The summed E-state index contributed by atoms with van der Waals surface area (Å²) in [6, 6.07) is 85.1. The lowest BCUT2D eigenvalue weighted by Gasteiger charge is -2.29. The highest BCUT2D eigenvalue weighted by atomic mass is 15.1. The maximum atomic E-state index is 2.43. The highest BCUT2D eigenvalue weighted by Crippen LogP contribution is 2.45. The zero-order valence-corrected chi connectivity index (χ0v) is 30.5. The van der Waals surface area contributed by atoms with Gasteiger partial charge in [0.25, 0.3) is 0 Å². The number of hydrogen-bond donors (Lipinski definition) is 0. The van der Waals surface area contributed by atoms with Crippen molar-refractivity contribution in [2.75, 3.05) is 4.90 Å². The van der Waals surface area contributed by atoms with Crippen molar-refractivity contribution in [3.8, 4) is 66.8 Å². The van der Waals surface area contributed by atoms with E-state index < -0.39 is 0 Å². The predicted molar refractivity (Wildman–Crippen MR) is 234 cm³/mol. The fourth-order valence-corrected chi connectivity index (χ4v) is 7.46. The standard InChI is InChI=1S/C54H39N/c1-6-17-40(18-7-1)44-29-32-51(33-30-44)55(52-37-49(42-21-10-3-11-22-42)36-50(38-52)43-23-12-4-13-24-43)54-34-31-48(39-53(54)45-25-14-5-15-26-45)47-28-16-27-46(35-47)41-19-8-2-9-20-41/h1-39H. The van der Waals surface area contributed by atoms with Gasteiger partial charge >= 0.3 is 0 Å². The molecule has 0 saturated heterocycles. The largest absolute Gasteiger partial charge is 0.310 e. The Balaban J connectivity index is 1.26. The maximum Gasteiger partial charge on any atom is 0.0540 e. The number of hydrogen-bond acceptors (Lipinski definition) is 1. The van der Waals surface area contributed by atoms with Crippen LogP contribution < -0.4 is 4.90 Å². The molecule has 0 aliphatic rings. The molecule has 9 aromatic rings. The van der Waals surface area contributed by atoms with Gasteiger partial charge in [0.1, 0.15) is 0 Å². The summed E-state index contributed by atoms with van der Waals surface area (Å²) in [4.78, 5) is 2.43. The van der Waals surface area contributed by atoms with Crippen LogP contribution in [-0.4, -0.2) is 0 Å². The smallest absolute Gasteiger partial charge is 0.0540 e. The molecule has 0 heterocycles. The van der Waals surface area contributed by atoms with Crippen LogP contribution in [0.3, 0.4) is 0 Å². The van der Waals surface area contributed by atoms with Crippen LogP contribution in [-0.2, 0) is 0 Å². The van der Waals surface area contributed by atoms with E-state index in [9.17, 15) is 0 Å². The lowest BCUT2D eigenvalue weighted by Crippen LogP contribution is -2.12. The van der Waals surface area contributed by atoms with Crippen LogP contribution in [0.4, 0.5) is 17.1 Å². The van der Waals surface area contributed by atoms with E-state index in [1.807, 2.05) is 0 Å². The lowest BCUT2D eigenvalue weighted by atomic mass is 9.93. The third-order valence-corrected chi connectivity index (χ3v) is 10.2.